The Hall–Kier alpha value is -3.49. The molecule has 0 saturated heterocycles. The number of amides is 1. The standard InChI is InChI=1S/C21H14ClN3O4S/c1-29-12-6-7-16(18(10-12)25(27)28)24-21(26)14-11-17(19-8-9-20(22)30-19)23-15-5-3-2-4-13(14)15/h2-11H,1H3,(H,24,26). The summed E-state index contributed by atoms with van der Waals surface area (Å²) in [5.74, 6) is -0.156. The van der Waals surface area contributed by atoms with Gasteiger partial charge in [0.1, 0.15) is 11.4 Å². The summed E-state index contributed by atoms with van der Waals surface area (Å²) in [5.41, 5.74) is 1.40. The van der Waals surface area contributed by atoms with Gasteiger partial charge in [-0.1, -0.05) is 29.8 Å². The number of carbonyl (C=O) groups excluding carboxylic acids is 1. The van der Waals surface area contributed by atoms with Crippen LogP contribution >= 0.6 is 22.9 Å². The van der Waals surface area contributed by atoms with Crippen LogP contribution in [-0.4, -0.2) is 22.9 Å². The van der Waals surface area contributed by atoms with Gasteiger partial charge in [0.15, 0.2) is 0 Å². The van der Waals surface area contributed by atoms with Gasteiger partial charge < -0.3 is 10.1 Å². The molecular formula is C21H14ClN3O4S. The fraction of sp³-hybridized carbons (Fsp3) is 0.0476. The number of rotatable bonds is 5. The van der Waals surface area contributed by atoms with E-state index >= 15 is 0 Å². The van der Waals surface area contributed by atoms with Crippen molar-refractivity contribution in [1.29, 1.82) is 0 Å². The highest BCUT2D eigenvalue weighted by Gasteiger charge is 2.20. The highest BCUT2D eigenvalue weighted by molar-refractivity contribution is 7.19. The molecule has 0 radical (unpaired) electrons. The van der Waals surface area contributed by atoms with Crippen LogP contribution in [0.3, 0.4) is 0 Å². The number of anilines is 1. The van der Waals surface area contributed by atoms with Crippen LogP contribution in [0.15, 0.2) is 60.7 Å². The molecule has 0 atom stereocenters. The van der Waals surface area contributed by atoms with Gasteiger partial charge in [-0.2, -0.15) is 0 Å². The van der Waals surface area contributed by atoms with Gasteiger partial charge in [-0.25, -0.2) is 4.98 Å². The van der Waals surface area contributed by atoms with Gasteiger partial charge in [-0.15, -0.1) is 11.3 Å². The SMILES string of the molecule is COc1ccc(NC(=O)c2cc(-c3ccc(Cl)s3)nc3ccccc23)c([N+](=O)[O-])c1. The van der Waals surface area contributed by atoms with E-state index in [1.54, 1.807) is 36.4 Å². The Bertz CT molecular complexity index is 1290. The van der Waals surface area contributed by atoms with Gasteiger partial charge in [0, 0.05) is 5.39 Å². The number of carbonyl (C=O) groups is 1. The minimum atomic E-state index is -0.568. The summed E-state index contributed by atoms with van der Waals surface area (Å²) in [6.45, 7) is 0. The zero-order chi connectivity index (χ0) is 21.3. The Balaban J connectivity index is 1.79. The largest absolute Gasteiger partial charge is 0.496 e. The number of hydrogen-bond acceptors (Lipinski definition) is 6. The number of hydrogen-bond donors (Lipinski definition) is 1. The average Bonchev–Trinajstić information content (AvgIpc) is 3.19. The first-order chi connectivity index (χ1) is 14.5. The third kappa shape index (κ3) is 3.83. The van der Waals surface area contributed by atoms with E-state index in [9.17, 15) is 14.9 Å². The molecule has 4 rings (SSSR count). The monoisotopic (exact) mass is 439 g/mol. The third-order valence-corrected chi connectivity index (χ3v) is 5.69. The summed E-state index contributed by atoms with van der Waals surface area (Å²) < 4.78 is 5.65. The topological polar surface area (TPSA) is 94.4 Å². The molecule has 4 aromatic rings. The fourth-order valence-corrected chi connectivity index (χ4v) is 4.03. The number of aromatic nitrogens is 1. The highest BCUT2D eigenvalue weighted by atomic mass is 35.5. The minimum absolute atomic E-state index is 0.0763. The van der Waals surface area contributed by atoms with Crippen molar-refractivity contribution in [3.8, 4) is 16.3 Å². The quantitative estimate of drug-likeness (QED) is 0.314. The van der Waals surface area contributed by atoms with E-state index in [0.717, 1.165) is 4.88 Å². The molecule has 0 aliphatic rings. The number of thiophene rings is 1. The maximum atomic E-state index is 13.1. The number of nitrogens with one attached hydrogen (secondary N) is 1. The van der Waals surface area contributed by atoms with Crippen molar-refractivity contribution in [2.45, 2.75) is 0 Å². The molecule has 30 heavy (non-hydrogen) atoms. The van der Waals surface area contributed by atoms with Gasteiger partial charge >= 0.3 is 0 Å². The maximum Gasteiger partial charge on any atom is 0.296 e. The van der Waals surface area contributed by atoms with Crippen molar-refractivity contribution in [3.05, 3.63) is 80.7 Å². The number of ether oxygens (including phenoxy) is 1. The summed E-state index contributed by atoms with van der Waals surface area (Å²) in [6.07, 6.45) is 0. The molecule has 9 heteroatoms. The molecule has 7 nitrogen and oxygen atoms in total. The van der Waals surface area contributed by atoms with Crippen LogP contribution in [0.5, 0.6) is 5.75 Å². The second-order valence-electron chi connectivity index (χ2n) is 6.27. The minimum Gasteiger partial charge on any atom is -0.496 e. The molecule has 0 bridgehead atoms. The highest BCUT2D eigenvalue weighted by Crippen LogP contribution is 2.33. The molecular weight excluding hydrogens is 426 g/mol. The van der Waals surface area contributed by atoms with Crippen LogP contribution < -0.4 is 10.1 Å². The van der Waals surface area contributed by atoms with Crippen LogP contribution in [0, 0.1) is 10.1 Å². The number of para-hydroxylation sites is 1. The molecule has 0 aliphatic heterocycles. The summed E-state index contributed by atoms with van der Waals surface area (Å²) in [6, 6.07) is 16.7. The number of methoxy groups -OCH3 is 1. The number of halogens is 1. The molecule has 2 aromatic heterocycles. The maximum absolute atomic E-state index is 13.1. The van der Waals surface area contributed by atoms with Gasteiger partial charge in [-0.05, 0) is 36.4 Å². The molecule has 0 fully saturated rings. The van der Waals surface area contributed by atoms with E-state index in [2.05, 4.69) is 10.3 Å². The van der Waals surface area contributed by atoms with Crippen LogP contribution in [0.1, 0.15) is 10.4 Å². The van der Waals surface area contributed by atoms with E-state index in [4.69, 9.17) is 16.3 Å². The lowest BCUT2D eigenvalue weighted by Crippen LogP contribution is -2.14. The van der Waals surface area contributed by atoms with Gasteiger partial charge in [0.25, 0.3) is 11.6 Å². The second-order valence-corrected chi connectivity index (χ2v) is 7.99. The molecule has 2 heterocycles. The van der Waals surface area contributed by atoms with Crippen molar-refractivity contribution in [2.24, 2.45) is 0 Å². The molecule has 150 valence electrons. The van der Waals surface area contributed by atoms with E-state index in [1.807, 2.05) is 12.1 Å². The Morgan fingerprint density at radius 1 is 1.17 bits per heavy atom. The fourth-order valence-electron chi connectivity index (χ4n) is 3.03. The average molecular weight is 440 g/mol. The van der Waals surface area contributed by atoms with E-state index in [1.165, 1.54) is 30.6 Å². The lowest BCUT2D eigenvalue weighted by atomic mass is 10.1. The summed E-state index contributed by atoms with van der Waals surface area (Å²) in [7, 11) is 1.42. The van der Waals surface area contributed by atoms with Crippen LogP contribution in [-0.2, 0) is 0 Å². The summed E-state index contributed by atoms with van der Waals surface area (Å²) in [5, 5.41) is 14.7. The smallest absolute Gasteiger partial charge is 0.296 e. The van der Waals surface area contributed by atoms with E-state index < -0.39 is 10.8 Å². The van der Waals surface area contributed by atoms with Crippen molar-refractivity contribution >= 4 is 51.1 Å². The number of pyridine rings is 1. The summed E-state index contributed by atoms with van der Waals surface area (Å²) >= 11 is 7.40. The van der Waals surface area contributed by atoms with Crippen molar-refractivity contribution in [2.75, 3.05) is 12.4 Å². The Morgan fingerprint density at radius 3 is 2.67 bits per heavy atom. The molecule has 2 aromatic carbocycles. The Labute approximate surface area is 180 Å². The molecule has 0 unspecified atom stereocenters. The second kappa shape index (κ2) is 8.10. The number of nitro groups is 1. The molecule has 0 aliphatic carbocycles. The third-order valence-electron chi connectivity index (χ3n) is 4.44. The Morgan fingerprint density at radius 2 is 1.97 bits per heavy atom. The zero-order valence-corrected chi connectivity index (χ0v) is 17.2. The number of fused-ring (bicyclic) bond motifs is 1. The summed E-state index contributed by atoms with van der Waals surface area (Å²) in [4.78, 5) is 29.4. The van der Waals surface area contributed by atoms with E-state index in [0.29, 0.717) is 32.2 Å². The zero-order valence-electron chi connectivity index (χ0n) is 15.6. The first-order valence-corrected chi connectivity index (χ1v) is 9.95. The lowest BCUT2D eigenvalue weighted by molar-refractivity contribution is -0.384. The number of benzene rings is 2. The molecule has 0 saturated carbocycles. The first-order valence-electron chi connectivity index (χ1n) is 8.75. The molecule has 0 spiro atoms. The number of nitro benzene ring substituents is 1. The van der Waals surface area contributed by atoms with Gasteiger partial charge in [0.05, 0.1) is 44.1 Å². The molecule has 1 N–H and O–H groups in total. The predicted molar refractivity (Wildman–Crippen MR) is 118 cm³/mol. The number of nitrogens with zero attached hydrogens (tertiary/aromatic N) is 2. The normalized spacial score (nSPS) is 10.7. The lowest BCUT2D eigenvalue weighted by Gasteiger charge is -2.11. The van der Waals surface area contributed by atoms with Crippen molar-refractivity contribution in [1.82, 2.24) is 4.98 Å². The first kappa shape index (κ1) is 19.8. The predicted octanol–water partition coefficient (Wildman–Crippen LogP) is 5.79. The molecule has 1 amide bonds. The van der Waals surface area contributed by atoms with Crippen molar-refractivity contribution in [3.63, 3.8) is 0 Å². The van der Waals surface area contributed by atoms with E-state index in [-0.39, 0.29) is 11.4 Å². The van der Waals surface area contributed by atoms with Crippen molar-refractivity contribution < 1.29 is 14.5 Å². The van der Waals surface area contributed by atoms with Crippen LogP contribution in [0.2, 0.25) is 4.34 Å². The van der Waals surface area contributed by atoms with Crippen LogP contribution in [0.4, 0.5) is 11.4 Å². The van der Waals surface area contributed by atoms with Crippen LogP contribution in [0.25, 0.3) is 21.5 Å². The Kier molecular flexibility index (Phi) is 5.35. The van der Waals surface area contributed by atoms with Gasteiger partial charge in [-0.3, -0.25) is 14.9 Å². The van der Waals surface area contributed by atoms with Gasteiger partial charge in [0.2, 0.25) is 0 Å².